The summed E-state index contributed by atoms with van der Waals surface area (Å²) in [6.07, 6.45) is 1.11. The SMILES string of the molecule is CC[C@@]1(c2cc(NC(=O)c3ccc(I)s3)ccc2F)CCOC(N)=N1. The van der Waals surface area contributed by atoms with E-state index in [0.717, 1.165) is 2.88 Å². The fraction of sp³-hybridized carbons (Fsp3) is 0.294. The van der Waals surface area contributed by atoms with E-state index in [1.165, 1.54) is 17.4 Å². The van der Waals surface area contributed by atoms with Crippen molar-refractivity contribution < 1.29 is 13.9 Å². The van der Waals surface area contributed by atoms with E-state index in [9.17, 15) is 9.18 Å². The van der Waals surface area contributed by atoms with Crippen LogP contribution in [0.5, 0.6) is 0 Å². The number of nitrogens with one attached hydrogen (secondary N) is 1. The molecule has 1 atom stereocenters. The molecule has 8 heteroatoms. The molecule has 3 rings (SSSR count). The summed E-state index contributed by atoms with van der Waals surface area (Å²) < 4.78 is 20.7. The predicted molar refractivity (Wildman–Crippen MR) is 106 cm³/mol. The van der Waals surface area contributed by atoms with Crippen molar-refractivity contribution in [2.75, 3.05) is 11.9 Å². The Hall–Kier alpha value is -1.68. The lowest BCUT2D eigenvalue weighted by atomic mass is 9.84. The molecule has 1 aromatic carbocycles. The summed E-state index contributed by atoms with van der Waals surface area (Å²) in [4.78, 5) is 17.3. The largest absolute Gasteiger partial charge is 0.465 e. The number of ether oxygens (including phenoxy) is 1. The highest BCUT2D eigenvalue weighted by atomic mass is 127. The van der Waals surface area contributed by atoms with Crippen LogP contribution in [-0.2, 0) is 10.3 Å². The second-order valence-electron chi connectivity index (χ2n) is 5.69. The average molecular weight is 473 g/mol. The first-order valence-corrected chi connectivity index (χ1v) is 9.68. The van der Waals surface area contributed by atoms with Crippen molar-refractivity contribution in [3.05, 3.63) is 49.5 Å². The van der Waals surface area contributed by atoms with Crippen LogP contribution in [0.2, 0.25) is 0 Å². The molecule has 0 spiro atoms. The molecule has 132 valence electrons. The lowest BCUT2D eigenvalue weighted by Crippen LogP contribution is -2.36. The maximum absolute atomic E-state index is 14.5. The van der Waals surface area contributed by atoms with Crippen LogP contribution in [0, 0.1) is 8.70 Å². The molecule has 0 bridgehead atoms. The number of nitrogens with zero attached hydrogens (tertiary/aromatic N) is 1. The molecule has 0 radical (unpaired) electrons. The normalized spacial score (nSPS) is 19.9. The molecule has 25 heavy (non-hydrogen) atoms. The molecule has 0 fully saturated rings. The number of amidine groups is 1. The highest BCUT2D eigenvalue weighted by Gasteiger charge is 2.36. The molecule has 1 aliphatic rings. The highest BCUT2D eigenvalue weighted by Crippen LogP contribution is 2.38. The summed E-state index contributed by atoms with van der Waals surface area (Å²) in [7, 11) is 0. The van der Waals surface area contributed by atoms with Gasteiger partial charge in [0.2, 0.25) is 0 Å². The third-order valence-electron chi connectivity index (χ3n) is 4.20. The van der Waals surface area contributed by atoms with Gasteiger partial charge in [0.1, 0.15) is 5.82 Å². The summed E-state index contributed by atoms with van der Waals surface area (Å²) in [5, 5.41) is 2.82. The number of benzene rings is 1. The van der Waals surface area contributed by atoms with Crippen molar-refractivity contribution in [1.29, 1.82) is 0 Å². The van der Waals surface area contributed by atoms with Crippen LogP contribution in [0.1, 0.15) is 35.0 Å². The molecule has 1 amide bonds. The highest BCUT2D eigenvalue weighted by molar-refractivity contribution is 14.1. The van der Waals surface area contributed by atoms with Crippen molar-refractivity contribution in [3.8, 4) is 0 Å². The van der Waals surface area contributed by atoms with E-state index >= 15 is 0 Å². The number of rotatable bonds is 4. The number of aliphatic imine (C=N–C) groups is 1. The summed E-state index contributed by atoms with van der Waals surface area (Å²) in [5.74, 6) is -0.588. The van der Waals surface area contributed by atoms with E-state index in [1.807, 2.05) is 13.0 Å². The molecule has 0 saturated carbocycles. The number of carbonyl (C=O) groups excluding carboxylic acids is 1. The van der Waals surface area contributed by atoms with E-state index in [-0.39, 0.29) is 17.7 Å². The first-order valence-electron chi connectivity index (χ1n) is 7.78. The van der Waals surface area contributed by atoms with Crippen molar-refractivity contribution in [2.45, 2.75) is 25.3 Å². The Kier molecular flexibility index (Phi) is 5.28. The van der Waals surface area contributed by atoms with Gasteiger partial charge in [-0.25, -0.2) is 9.38 Å². The Morgan fingerprint density at radius 3 is 2.92 bits per heavy atom. The van der Waals surface area contributed by atoms with Gasteiger partial charge in [-0.2, -0.15) is 0 Å². The van der Waals surface area contributed by atoms with Crippen LogP contribution in [0.25, 0.3) is 0 Å². The number of nitrogens with two attached hydrogens (primary N) is 1. The van der Waals surface area contributed by atoms with Gasteiger partial charge in [-0.3, -0.25) is 4.79 Å². The van der Waals surface area contributed by atoms with E-state index in [2.05, 4.69) is 32.9 Å². The van der Waals surface area contributed by atoms with Crippen LogP contribution < -0.4 is 11.1 Å². The predicted octanol–water partition coefficient (Wildman–Crippen LogP) is 4.08. The molecule has 2 heterocycles. The zero-order valence-electron chi connectivity index (χ0n) is 13.5. The van der Waals surface area contributed by atoms with Gasteiger partial charge in [0.05, 0.1) is 19.9 Å². The number of amides is 1. The van der Waals surface area contributed by atoms with Gasteiger partial charge in [-0.1, -0.05) is 6.92 Å². The molecule has 5 nitrogen and oxygen atoms in total. The Labute approximate surface area is 162 Å². The van der Waals surface area contributed by atoms with Crippen molar-refractivity contribution in [3.63, 3.8) is 0 Å². The standard InChI is InChI=1S/C17H17FIN3O2S/c1-2-17(7-8-24-16(20)22-17)11-9-10(3-4-12(11)18)21-15(23)13-5-6-14(19)25-13/h3-6,9H,2,7-8H2,1H3,(H2,20,22)(H,21,23)/t17-/m0/s1. The molecule has 3 N–H and O–H groups in total. The maximum Gasteiger partial charge on any atom is 0.282 e. The van der Waals surface area contributed by atoms with Crippen LogP contribution in [-0.4, -0.2) is 18.5 Å². The van der Waals surface area contributed by atoms with Gasteiger partial charge in [-0.05, 0) is 59.3 Å². The first kappa shape index (κ1) is 18.1. The van der Waals surface area contributed by atoms with Crippen molar-refractivity contribution >= 4 is 51.5 Å². The first-order chi connectivity index (χ1) is 11.9. The average Bonchev–Trinajstić information content (AvgIpc) is 3.03. The number of anilines is 1. The molecule has 1 aliphatic heterocycles. The smallest absolute Gasteiger partial charge is 0.282 e. The zero-order chi connectivity index (χ0) is 18.0. The second-order valence-corrected chi connectivity index (χ2v) is 8.66. The van der Waals surface area contributed by atoms with E-state index < -0.39 is 5.54 Å². The molecule has 1 aromatic heterocycles. The molecule has 0 saturated heterocycles. The fourth-order valence-corrected chi connectivity index (χ4v) is 4.37. The molecule has 2 aromatic rings. The van der Waals surface area contributed by atoms with Gasteiger partial charge in [0.15, 0.2) is 0 Å². The fourth-order valence-electron chi connectivity index (χ4n) is 2.85. The number of hydrogen-bond donors (Lipinski definition) is 2. The van der Waals surface area contributed by atoms with Crippen LogP contribution in [0.3, 0.4) is 0 Å². The van der Waals surface area contributed by atoms with Gasteiger partial charge in [0, 0.05) is 17.7 Å². The maximum atomic E-state index is 14.5. The number of halogens is 2. The monoisotopic (exact) mass is 473 g/mol. The van der Waals surface area contributed by atoms with Gasteiger partial charge >= 0.3 is 0 Å². The van der Waals surface area contributed by atoms with Crippen molar-refractivity contribution in [1.82, 2.24) is 0 Å². The van der Waals surface area contributed by atoms with Crippen LogP contribution >= 0.6 is 33.9 Å². The van der Waals surface area contributed by atoms with Gasteiger partial charge in [0.25, 0.3) is 11.9 Å². The third kappa shape index (κ3) is 3.79. The quantitative estimate of drug-likeness (QED) is 0.658. The Morgan fingerprint density at radius 1 is 1.48 bits per heavy atom. The van der Waals surface area contributed by atoms with Crippen LogP contribution in [0.15, 0.2) is 35.3 Å². The molecular formula is C17H17FIN3O2S. The minimum atomic E-state index is -0.772. The lowest BCUT2D eigenvalue weighted by molar-refractivity contribution is 0.103. The minimum absolute atomic E-state index is 0.0649. The Bertz CT molecular complexity index is 839. The van der Waals surface area contributed by atoms with Gasteiger partial charge < -0.3 is 15.8 Å². The lowest BCUT2D eigenvalue weighted by Gasteiger charge is -2.33. The van der Waals surface area contributed by atoms with Gasteiger partial charge in [-0.15, -0.1) is 11.3 Å². The molecule has 0 aliphatic carbocycles. The van der Waals surface area contributed by atoms with Crippen LogP contribution in [0.4, 0.5) is 10.1 Å². The van der Waals surface area contributed by atoms with Crippen molar-refractivity contribution in [2.24, 2.45) is 10.7 Å². The van der Waals surface area contributed by atoms with E-state index in [4.69, 9.17) is 10.5 Å². The number of carbonyl (C=O) groups is 1. The summed E-state index contributed by atoms with van der Waals surface area (Å²) in [6.45, 7) is 2.31. The second kappa shape index (κ2) is 7.28. The summed E-state index contributed by atoms with van der Waals surface area (Å²) >= 11 is 3.56. The Morgan fingerprint density at radius 2 is 2.28 bits per heavy atom. The summed E-state index contributed by atoms with van der Waals surface area (Å²) in [5.41, 5.74) is 5.88. The minimum Gasteiger partial charge on any atom is -0.465 e. The topological polar surface area (TPSA) is 76.7 Å². The summed E-state index contributed by atoms with van der Waals surface area (Å²) in [6, 6.07) is 8.24. The molecule has 0 unspecified atom stereocenters. The Balaban J connectivity index is 1.93. The van der Waals surface area contributed by atoms with E-state index in [0.29, 0.717) is 35.6 Å². The van der Waals surface area contributed by atoms with E-state index in [1.54, 1.807) is 18.2 Å². The number of thiophene rings is 1. The molecular weight excluding hydrogens is 456 g/mol. The number of hydrogen-bond acceptors (Lipinski definition) is 5. The third-order valence-corrected chi connectivity index (χ3v) is 6.09. The zero-order valence-corrected chi connectivity index (χ0v) is 16.5.